The summed E-state index contributed by atoms with van der Waals surface area (Å²) in [6.07, 6.45) is 0. The van der Waals surface area contributed by atoms with E-state index in [0.717, 1.165) is 20.3 Å². The van der Waals surface area contributed by atoms with Crippen LogP contribution in [0.4, 0.5) is 0 Å². The summed E-state index contributed by atoms with van der Waals surface area (Å²) in [5.41, 5.74) is 1.56. The molecule has 1 aliphatic rings. The van der Waals surface area contributed by atoms with Crippen LogP contribution in [0.2, 0.25) is 0 Å². The Kier molecular flexibility index (Phi) is 4.17. The Bertz CT molecular complexity index is 703. The fraction of sp³-hybridized carbons (Fsp3) is 0.133. The van der Waals surface area contributed by atoms with Crippen LogP contribution in [0.25, 0.3) is 0 Å². The molecule has 1 N–H and O–H groups in total. The van der Waals surface area contributed by atoms with Gasteiger partial charge in [-0.05, 0) is 51.8 Å². The smallest absolute Gasteiger partial charge is 0.252 e. The third-order valence-corrected chi connectivity index (χ3v) is 4.22. The monoisotopic (exact) mass is 411 g/mol. The van der Waals surface area contributed by atoms with E-state index in [1.807, 2.05) is 30.3 Å². The number of ether oxygens (including phenoxy) is 2. The summed E-state index contributed by atoms with van der Waals surface area (Å²) in [7, 11) is 0. The molecule has 3 rings (SSSR count). The van der Waals surface area contributed by atoms with Crippen LogP contribution >= 0.6 is 31.9 Å². The lowest BCUT2D eigenvalue weighted by Gasteiger charge is -2.08. The molecule has 0 spiro atoms. The minimum atomic E-state index is -0.132. The van der Waals surface area contributed by atoms with E-state index in [9.17, 15) is 4.79 Å². The quantitative estimate of drug-likeness (QED) is 0.832. The lowest BCUT2D eigenvalue weighted by atomic mass is 10.2. The highest BCUT2D eigenvalue weighted by Crippen LogP contribution is 2.32. The first-order chi connectivity index (χ1) is 10.1. The van der Waals surface area contributed by atoms with Crippen molar-refractivity contribution >= 4 is 37.8 Å². The van der Waals surface area contributed by atoms with Gasteiger partial charge >= 0.3 is 0 Å². The van der Waals surface area contributed by atoms with E-state index in [1.165, 1.54) is 0 Å². The van der Waals surface area contributed by atoms with Crippen LogP contribution < -0.4 is 14.8 Å². The summed E-state index contributed by atoms with van der Waals surface area (Å²) in [5, 5.41) is 2.89. The minimum absolute atomic E-state index is 0.132. The molecule has 0 aliphatic carbocycles. The van der Waals surface area contributed by atoms with Crippen LogP contribution in [0.15, 0.2) is 45.3 Å². The second-order valence-electron chi connectivity index (χ2n) is 4.49. The molecule has 4 nitrogen and oxygen atoms in total. The van der Waals surface area contributed by atoms with E-state index in [0.29, 0.717) is 17.9 Å². The Morgan fingerprint density at radius 3 is 2.71 bits per heavy atom. The number of hydrogen-bond acceptors (Lipinski definition) is 3. The number of carbonyl (C=O) groups is 1. The predicted molar refractivity (Wildman–Crippen MR) is 85.6 cm³/mol. The number of carbonyl (C=O) groups excluding carboxylic acids is 1. The number of nitrogens with one attached hydrogen (secondary N) is 1. The van der Waals surface area contributed by atoms with Gasteiger partial charge in [0.05, 0.1) is 5.56 Å². The Labute approximate surface area is 138 Å². The fourth-order valence-electron chi connectivity index (χ4n) is 2.00. The van der Waals surface area contributed by atoms with E-state index in [-0.39, 0.29) is 12.7 Å². The van der Waals surface area contributed by atoms with E-state index in [1.54, 1.807) is 6.07 Å². The molecule has 0 unspecified atom stereocenters. The molecule has 21 heavy (non-hydrogen) atoms. The summed E-state index contributed by atoms with van der Waals surface area (Å²) in [6.45, 7) is 0.676. The van der Waals surface area contributed by atoms with Crippen LogP contribution in [0.5, 0.6) is 11.5 Å². The average Bonchev–Trinajstić information content (AvgIpc) is 2.92. The van der Waals surface area contributed by atoms with Crippen molar-refractivity contribution in [2.24, 2.45) is 0 Å². The maximum Gasteiger partial charge on any atom is 0.252 e. The zero-order valence-corrected chi connectivity index (χ0v) is 14.0. The van der Waals surface area contributed by atoms with Gasteiger partial charge in [0.1, 0.15) is 0 Å². The Morgan fingerprint density at radius 2 is 1.90 bits per heavy atom. The van der Waals surface area contributed by atoms with Crippen LogP contribution in [0.1, 0.15) is 15.9 Å². The lowest BCUT2D eigenvalue weighted by molar-refractivity contribution is 0.0950. The summed E-state index contributed by atoms with van der Waals surface area (Å²) < 4.78 is 12.2. The summed E-state index contributed by atoms with van der Waals surface area (Å²) in [5.74, 6) is 1.32. The predicted octanol–water partition coefficient (Wildman–Crippen LogP) is 3.87. The van der Waals surface area contributed by atoms with E-state index in [2.05, 4.69) is 37.2 Å². The summed E-state index contributed by atoms with van der Waals surface area (Å²) in [6, 6.07) is 11.1. The van der Waals surface area contributed by atoms with Gasteiger partial charge in [0.25, 0.3) is 5.91 Å². The molecule has 1 aliphatic heterocycles. The van der Waals surface area contributed by atoms with Crippen molar-refractivity contribution in [2.45, 2.75) is 6.54 Å². The maximum atomic E-state index is 12.2. The van der Waals surface area contributed by atoms with E-state index < -0.39 is 0 Å². The van der Waals surface area contributed by atoms with Gasteiger partial charge in [-0.25, -0.2) is 0 Å². The largest absolute Gasteiger partial charge is 0.454 e. The number of benzene rings is 2. The van der Waals surface area contributed by atoms with Crippen LogP contribution in [0, 0.1) is 0 Å². The van der Waals surface area contributed by atoms with E-state index >= 15 is 0 Å². The van der Waals surface area contributed by atoms with Gasteiger partial charge in [-0.1, -0.05) is 22.0 Å². The molecule has 0 saturated heterocycles. The molecule has 6 heteroatoms. The Balaban J connectivity index is 1.68. The van der Waals surface area contributed by atoms with Gasteiger partial charge in [0.15, 0.2) is 11.5 Å². The molecule has 0 fully saturated rings. The van der Waals surface area contributed by atoms with E-state index in [4.69, 9.17) is 9.47 Å². The molecule has 2 aromatic carbocycles. The Morgan fingerprint density at radius 1 is 1.10 bits per heavy atom. The van der Waals surface area contributed by atoms with Gasteiger partial charge in [-0.3, -0.25) is 4.79 Å². The van der Waals surface area contributed by atoms with Gasteiger partial charge in [0.2, 0.25) is 6.79 Å². The SMILES string of the molecule is O=C(NCc1ccc2c(c1)OCO2)c1ccc(Br)cc1Br. The second-order valence-corrected chi connectivity index (χ2v) is 6.26. The molecular weight excluding hydrogens is 402 g/mol. The van der Waals surface area contributed by atoms with Crippen molar-refractivity contribution < 1.29 is 14.3 Å². The van der Waals surface area contributed by atoms with Gasteiger partial charge in [-0.2, -0.15) is 0 Å². The highest BCUT2D eigenvalue weighted by atomic mass is 79.9. The summed E-state index contributed by atoms with van der Waals surface area (Å²) >= 11 is 6.75. The molecule has 0 saturated carbocycles. The van der Waals surface area contributed by atoms with Gasteiger partial charge < -0.3 is 14.8 Å². The number of amides is 1. The normalized spacial score (nSPS) is 12.3. The van der Waals surface area contributed by atoms with Crippen LogP contribution in [0.3, 0.4) is 0 Å². The van der Waals surface area contributed by atoms with Crippen molar-refractivity contribution in [3.05, 3.63) is 56.5 Å². The zero-order chi connectivity index (χ0) is 14.8. The molecule has 0 aromatic heterocycles. The van der Waals surface area contributed by atoms with Crippen molar-refractivity contribution in [1.82, 2.24) is 5.32 Å². The fourth-order valence-corrected chi connectivity index (χ4v) is 3.23. The third kappa shape index (κ3) is 3.22. The average molecular weight is 413 g/mol. The van der Waals surface area contributed by atoms with Crippen molar-refractivity contribution in [1.29, 1.82) is 0 Å². The van der Waals surface area contributed by atoms with Crippen molar-refractivity contribution in [2.75, 3.05) is 6.79 Å². The highest BCUT2D eigenvalue weighted by molar-refractivity contribution is 9.11. The first-order valence-electron chi connectivity index (χ1n) is 6.25. The molecule has 1 heterocycles. The van der Waals surface area contributed by atoms with Gasteiger partial charge in [0, 0.05) is 15.5 Å². The molecule has 1 amide bonds. The first kappa shape index (κ1) is 14.4. The molecule has 0 radical (unpaired) electrons. The topological polar surface area (TPSA) is 47.6 Å². The second kappa shape index (κ2) is 6.07. The van der Waals surface area contributed by atoms with Gasteiger partial charge in [-0.15, -0.1) is 0 Å². The summed E-state index contributed by atoms with van der Waals surface area (Å²) in [4.78, 5) is 12.2. The highest BCUT2D eigenvalue weighted by Gasteiger charge is 2.14. The maximum absolute atomic E-state index is 12.2. The molecule has 108 valence electrons. The number of rotatable bonds is 3. The molecule has 2 aromatic rings. The number of fused-ring (bicyclic) bond motifs is 1. The zero-order valence-electron chi connectivity index (χ0n) is 10.9. The number of hydrogen-bond donors (Lipinski definition) is 1. The molecule has 0 atom stereocenters. The standard InChI is InChI=1S/C15H11Br2NO3/c16-10-2-3-11(12(17)6-10)15(19)18-7-9-1-4-13-14(5-9)21-8-20-13/h1-6H,7-8H2,(H,18,19). The molecular formula is C15H11Br2NO3. The van der Waals surface area contributed by atoms with Crippen LogP contribution in [-0.4, -0.2) is 12.7 Å². The number of halogens is 2. The van der Waals surface area contributed by atoms with Crippen LogP contribution in [-0.2, 0) is 6.54 Å². The first-order valence-corrected chi connectivity index (χ1v) is 7.84. The molecule has 0 bridgehead atoms. The van der Waals surface area contributed by atoms with Crippen molar-refractivity contribution in [3.8, 4) is 11.5 Å². The van der Waals surface area contributed by atoms with Crippen molar-refractivity contribution in [3.63, 3.8) is 0 Å². The minimum Gasteiger partial charge on any atom is -0.454 e. The lowest BCUT2D eigenvalue weighted by Crippen LogP contribution is -2.23. The third-order valence-electron chi connectivity index (χ3n) is 3.07. The Hall–Kier alpha value is -1.53.